The van der Waals surface area contributed by atoms with Gasteiger partial charge >= 0.3 is 0 Å². The Morgan fingerprint density at radius 1 is 1.20 bits per heavy atom. The van der Waals surface area contributed by atoms with Gasteiger partial charge in [0.15, 0.2) is 0 Å². The number of carbonyl (C=O) groups excluding carboxylic acids is 1. The molecule has 0 aliphatic carbocycles. The number of benzene rings is 1. The van der Waals surface area contributed by atoms with E-state index in [1.54, 1.807) is 0 Å². The predicted molar refractivity (Wildman–Crippen MR) is 104 cm³/mol. The van der Waals surface area contributed by atoms with Crippen LogP contribution in [0, 0.1) is 19.8 Å². The minimum atomic E-state index is -0.818. The van der Waals surface area contributed by atoms with Crippen LogP contribution in [0.25, 0.3) is 0 Å². The third kappa shape index (κ3) is 6.35. The van der Waals surface area contributed by atoms with Gasteiger partial charge in [0.05, 0.1) is 6.61 Å². The van der Waals surface area contributed by atoms with Crippen LogP contribution < -0.4 is 10.1 Å². The number of unbranched alkanes of at least 4 members (excludes halogenated alkanes) is 1. The maximum Gasteiger partial charge on any atom is 0.256 e. The van der Waals surface area contributed by atoms with Crippen molar-refractivity contribution in [2.75, 3.05) is 18.5 Å². The smallest absolute Gasteiger partial charge is 0.256 e. The van der Waals surface area contributed by atoms with Gasteiger partial charge in [0, 0.05) is 12.3 Å². The number of amides is 1. The van der Waals surface area contributed by atoms with Crippen LogP contribution in [-0.2, 0) is 9.53 Å². The predicted octanol–water partition coefficient (Wildman–Crippen LogP) is 5.26. The van der Waals surface area contributed by atoms with Crippen molar-refractivity contribution in [1.29, 1.82) is 0 Å². The fourth-order valence-electron chi connectivity index (χ4n) is 3.15. The summed E-state index contributed by atoms with van der Waals surface area (Å²) < 4.78 is 11.7. The van der Waals surface area contributed by atoms with Gasteiger partial charge in [0.25, 0.3) is 5.91 Å². The van der Waals surface area contributed by atoms with E-state index >= 15 is 0 Å². The molecule has 4 heteroatoms. The molecule has 1 rings (SSSR count). The summed E-state index contributed by atoms with van der Waals surface area (Å²) in [7, 11) is 0. The highest BCUT2D eigenvalue weighted by Gasteiger charge is 2.34. The number of carbonyl (C=O) groups is 1. The van der Waals surface area contributed by atoms with Crippen molar-refractivity contribution < 1.29 is 14.3 Å². The van der Waals surface area contributed by atoms with Crippen LogP contribution in [0.4, 0.5) is 5.69 Å². The molecule has 0 fully saturated rings. The molecule has 0 saturated heterocycles. The number of nitrogens with one attached hydrogen (secondary N) is 1. The summed E-state index contributed by atoms with van der Waals surface area (Å²) >= 11 is 0. The lowest BCUT2D eigenvalue weighted by atomic mass is 9.93. The molecule has 1 amide bonds. The Labute approximate surface area is 153 Å². The number of hydrogen-bond donors (Lipinski definition) is 1. The zero-order valence-electron chi connectivity index (χ0n) is 17.0. The molecule has 1 atom stereocenters. The summed E-state index contributed by atoms with van der Waals surface area (Å²) in [6.07, 6.45) is 2.83. The second-order valence-corrected chi connectivity index (χ2v) is 7.36. The van der Waals surface area contributed by atoms with E-state index in [4.69, 9.17) is 9.47 Å². The summed E-state index contributed by atoms with van der Waals surface area (Å²) in [5, 5.41) is 3.03. The van der Waals surface area contributed by atoms with E-state index in [-0.39, 0.29) is 5.91 Å². The third-order valence-electron chi connectivity index (χ3n) is 4.20. The monoisotopic (exact) mass is 349 g/mol. The largest absolute Gasteiger partial charge is 0.493 e. The van der Waals surface area contributed by atoms with E-state index < -0.39 is 5.60 Å². The van der Waals surface area contributed by atoms with Gasteiger partial charge in [0.1, 0.15) is 11.4 Å². The lowest BCUT2D eigenvalue weighted by molar-refractivity contribution is -0.140. The average Bonchev–Trinajstić information content (AvgIpc) is 2.49. The minimum absolute atomic E-state index is 0.0958. The van der Waals surface area contributed by atoms with Crippen molar-refractivity contribution in [2.24, 2.45) is 5.92 Å². The van der Waals surface area contributed by atoms with E-state index in [0.29, 0.717) is 18.9 Å². The van der Waals surface area contributed by atoms with Crippen molar-refractivity contribution in [3.8, 4) is 5.75 Å². The lowest BCUT2D eigenvalue weighted by Crippen LogP contribution is -2.44. The second-order valence-electron chi connectivity index (χ2n) is 7.36. The molecule has 0 aliphatic rings. The Bertz CT molecular complexity index is 545. The van der Waals surface area contributed by atoms with Crippen LogP contribution in [-0.4, -0.2) is 24.7 Å². The number of aryl methyl sites for hydroxylation is 2. The maximum absolute atomic E-state index is 12.8. The SMILES string of the molecule is CCCCOc1c(C)cc(NC(=O)[C@@](C)(CC(C)C)OCC)cc1C. The first-order valence-electron chi connectivity index (χ1n) is 9.43. The van der Waals surface area contributed by atoms with Gasteiger partial charge in [-0.1, -0.05) is 27.2 Å². The van der Waals surface area contributed by atoms with Gasteiger partial charge < -0.3 is 14.8 Å². The van der Waals surface area contributed by atoms with Crippen LogP contribution in [0.3, 0.4) is 0 Å². The molecular formula is C21H35NO3. The van der Waals surface area contributed by atoms with E-state index in [1.807, 2.05) is 39.8 Å². The minimum Gasteiger partial charge on any atom is -0.493 e. The van der Waals surface area contributed by atoms with Crippen molar-refractivity contribution in [3.05, 3.63) is 23.3 Å². The quantitative estimate of drug-likeness (QED) is 0.586. The van der Waals surface area contributed by atoms with Crippen LogP contribution in [0.1, 0.15) is 65.0 Å². The van der Waals surface area contributed by atoms with Gasteiger partial charge in [-0.25, -0.2) is 0 Å². The molecule has 142 valence electrons. The number of anilines is 1. The zero-order valence-corrected chi connectivity index (χ0v) is 17.0. The Morgan fingerprint density at radius 2 is 1.80 bits per heavy atom. The van der Waals surface area contributed by atoms with Crippen LogP contribution in [0.5, 0.6) is 5.75 Å². The van der Waals surface area contributed by atoms with Gasteiger partial charge in [-0.2, -0.15) is 0 Å². The Balaban J connectivity index is 2.92. The standard InChI is InChI=1S/C21H35NO3/c1-8-10-11-24-19-16(5)12-18(13-17(19)6)22-20(23)21(7,25-9-2)14-15(3)4/h12-13,15H,8-11,14H2,1-7H3,(H,22,23)/t21-/m1/s1. The van der Waals surface area contributed by atoms with Crippen molar-refractivity contribution in [2.45, 2.75) is 73.3 Å². The molecule has 4 nitrogen and oxygen atoms in total. The molecule has 1 aromatic rings. The topological polar surface area (TPSA) is 47.6 Å². The molecular weight excluding hydrogens is 314 g/mol. The average molecular weight is 350 g/mol. The van der Waals surface area contributed by atoms with Crippen molar-refractivity contribution >= 4 is 11.6 Å². The van der Waals surface area contributed by atoms with Crippen LogP contribution >= 0.6 is 0 Å². The molecule has 0 aromatic heterocycles. The normalized spacial score (nSPS) is 13.6. The zero-order chi connectivity index (χ0) is 19.0. The Hall–Kier alpha value is -1.55. The van der Waals surface area contributed by atoms with E-state index in [2.05, 4.69) is 26.1 Å². The summed E-state index contributed by atoms with van der Waals surface area (Å²) in [4.78, 5) is 12.8. The molecule has 0 aliphatic heterocycles. The van der Waals surface area contributed by atoms with Gasteiger partial charge in [-0.05, 0) is 69.7 Å². The summed E-state index contributed by atoms with van der Waals surface area (Å²) in [6.45, 7) is 15.4. The highest BCUT2D eigenvalue weighted by atomic mass is 16.5. The molecule has 0 unspecified atom stereocenters. The van der Waals surface area contributed by atoms with Gasteiger partial charge in [0.2, 0.25) is 0 Å². The highest BCUT2D eigenvalue weighted by molar-refractivity contribution is 5.97. The third-order valence-corrected chi connectivity index (χ3v) is 4.20. The van der Waals surface area contributed by atoms with Gasteiger partial charge in [-0.3, -0.25) is 4.79 Å². The molecule has 0 radical (unpaired) electrons. The van der Waals surface area contributed by atoms with Crippen molar-refractivity contribution in [1.82, 2.24) is 0 Å². The molecule has 1 N–H and O–H groups in total. The first-order valence-corrected chi connectivity index (χ1v) is 9.43. The lowest BCUT2D eigenvalue weighted by Gasteiger charge is -2.30. The highest BCUT2D eigenvalue weighted by Crippen LogP contribution is 2.29. The molecule has 0 spiro atoms. The van der Waals surface area contributed by atoms with E-state index in [0.717, 1.165) is 42.0 Å². The second kappa shape index (κ2) is 9.81. The maximum atomic E-state index is 12.8. The molecule has 0 bridgehead atoms. The molecule has 1 aromatic carbocycles. The van der Waals surface area contributed by atoms with Crippen LogP contribution in [0.15, 0.2) is 12.1 Å². The molecule has 0 heterocycles. The van der Waals surface area contributed by atoms with Crippen molar-refractivity contribution in [3.63, 3.8) is 0 Å². The summed E-state index contributed by atoms with van der Waals surface area (Å²) in [5.74, 6) is 1.20. The fourth-order valence-corrected chi connectivity index (χ4v) is 3.15. The first kappa shape index (κ1) is 21.5. The summed E-state index contributed by atoms with van der Waals surface area (Å²) in [6, 6.07) is 3.93. The summed E-state index contributed by atoms with van der Waals surface area (Å²) in [5.41, 5.74) is 2.04. The first-order chi connectivity index (χ1) is 11.7. The fraction of sp³-hybridized carbons (Fsp3) is 0.667. The van der Waals surface area contributed by atoms with E-state index in [1.165, 1.54) is 0 Å². The molecule has 25 heavy (non-hydrogen) atoms. The Kier molecular flexibility index (Phi) is 8.43. The number of rotatable bonds is 10. The van der Waals surface area contributed by atoms with Crippen LogP contribution in [0.2, 0.25) is 0 Å². The number of hydrogen-bond acceptors (Lipinski definition) is 3. The van der Waals surface area contributed by atoms with Gasteiger partial charge in [-0.15, -0.1) is 0 Å². The van der Waals surface area contributed by atoms with E-state index in [9.17, 15) is 4.79 Å². The molecule has 0 saturated carbocycles. The Morgan fingerprint density at radius 3 is 2.28 bits per heavy atom. The number of ether oxygens (including phenoxy) is 2.